The Bertz CT molecular complexity index is 866. The van der Waals surface area contributed by atoms with Crippen molar-refractivity contribution < 1.29 is 21.5 Å². The first-order valence-corrected chi connectivity index (χ1v) is 7.12. The SMILES string of the molecule is [Br-].c1cc[n+](Cc2c3ccccc3nc3ccccc23)cc1. The third-order valence-electron chi connectivity index (χ3n) is 3.82. The quantitative estimate of drug-likeness (QED) is 0.384. The van der Waals surface area contributed by atoms with Crippen LogP contribution in [0.4, 0.5) is 0 Å². The molecule has 2 aromatic carbocycles. The van der Waals surface area contributed by atoms with Crippen molar-refractivity contribution >= 4 is 21.8 Å². The minimum Gasteiger partial charge on any atom is -1.00 e. The van der Waals surface area contributed by atoms with Gasteiger partial charge in [0.1, 0.15) is 0 Å². The minimum atomic E-state index is 0. The predicted octanol–water partition coefficient (Wildman–Crippen LogP) is 0.728. The fraction of sp³-hybridized carbons (Fsp3) is 0.0526. The second-order valence-electron chi connectivity index (χ2n) is 5.17. The van der Waals surface area contributed by atoms with Gasteiger partial charge in [0.05, 0.1) is 11.0 Å². The Morgan fingerprint density at radius 3 is 1.82 bits per heavy atom. The maximum Gasteiger partial charge on any atom is 0.175 e. The second-order valence-corrected chi connectivity index (χ2v) is 5.17. The summed E-state index contributed by atoms with van der Waals surface area (Å²) in [6, 6.07) is 22.9. The number of benzene rings is 2. The number of rotatable bonds is 2. The highest BCUT2D eigenvalue weighted by atomic mass is 79.9. The molecule has 4 rings (SSSR count). The van der Waals surface area contributed by atoms with E-state index in [9.17, 15) is 0 Å². The maximum atomic E-state index is 4.77. The van der Waals surface area contributed by atoms with Crippen molar-refractivity contribution in [3.05, 3.63) is 84.7 Å². The lowest BCUT2D eigenvalue weighted by Gasteiger charge is -2.08. The summed E-state index contributed by atoms with van der Waals surface area (Å²) in [7, 11) is 0. The molecule has 2 heterocycles. The Hall–Kier alpha value is -2.26. The fourth-order valence-corrected chi connectivity index (χ4v) is 2.82. The molecule has 22 heavy (non-hydrogen) atoms. The van der Waals surface area contributed by atoms with Crippen LogP contribution in [-0.2, 0) is 6.54 Å². The van der Waals surface area contributed by atoms with Crippen LogP contribution in [0.25, 0.3) is 21.8 Å². The number of hydrogen-bond acceptors (Lipinski definition) is 1. The van der Waals surface area contributed by atoms with Crippen LogP contribution in [0, 0.1) is 0 Å². The van der Waals surface area contributed by atoms with Crippen molar-refractivity contribution in [3.63, 3.8) is 0 Å². The van der Waals surface area contributed by atoms with Crippen molar-refractivity contribution in [1.29, 1.82) is 0 Å². The summed E-state index contributed by atoms with van der Waals surface area (Å²) >= 11 is 0. The van der Waals surface area contributed by atoms with E-state index in [4.69, 9.17) is 4.98 Å². The lowest BCUT2D eigenvalue weighted by Crippen LogP contribution is -3.00. The van der Waals surface area contributed by atoms with Gasteiger partial charge < -0.3 is 17.0 Å². The van der Waals surface area contributed by atoms with Crippen LogP contribution in [0.1, 0.15) is 5.56 Å². The molecule has 0 aliphatic carbocycles. The summed E-state index contributed by atoms with van der Waals surface area (Å²) < 4.78 is 2.20. The van der Waals surface area contributed by atoms with Gasteiger partial charge in [-0.1, -0.05) is 42.5 Å². The summed E-state index contributed by atoms with van der Waals surface area (Å²) in [5.74, 6) is 0. The van der Waals surface area contributed by atoms with Gasteiger partial charge in [0.25, 0.3) is 0 Å². The van der Waals surface area contributed by atoms with Crippen molar-refractivity contribution in [2.45, 2.75) is 6.54 Å². The summed E-state index contributed by atoms with van der Waals surface area (Å²) in [6.07, 6.45) is 4.20. The van der Waals surface area contributed by atoms with E-state index in [1.165, 1.54) is 16.3 Å². The molecule has 0 spiro atoms. The molecule has 0 radical (unpaired) electrons. The summed E-state index contributed by atoms with van der Waals surface area (Å²) in [4.78, 5) is 4.77. The molecule has 0 aliphatic heterocycles. The summed E-state index contributed by atoms with van der Waals surface area (Å²) in [5.41, 5.74) is 3.44. The van der Waals surface area contributed by atoms with Gasteiger partial charge in [0, 0.05) is 28.5 Å². The molecule has 0 aliphatic rings. The summed E-state index contributed by atoms with van der Waals surface area (Å²) in [5, 5.41) is 2.46. The maximum absolute atomic E-state index is 4.77. The number of aromatic nitrogens is 2. The Kier molecular flexibility index (Phi) is 4.16. The van der Waals surface area contributed by atoms with Gasteiger partial charge in [0.15, 0.2) is 18.9 Å². The number of hydrogen-bond donors (Lipinski definition) is 0. The van der Waals surface area contributed by atoms with E-state index >= 15 is 0 Å². The normalized spacial score (nSPS) is 10.5. The zero-order valence-corrected chi connectivity index (χ0v) is 13.6. The van der Waals surface area contributed by atoms with Gasteiger partial charge in [-0.15, -0.1) is 0 Å². The molecular weight excluding hydrogens is 336 g/mol. The summed E-state index contributed by atoms with van der Waals surface area (Å²) in [6.45, 7) is 0.852. The van der Waals surface area contributed by atoms with E-state index in [0.29, 0.717) is 0 Å². The molecular formula is C19H15BrN2. The average molecular weight is 351 g/mol. The first kappa shape index (κ1) is 14.7. The van der Waals surface area contributed by atoms with Gasteiger partial charge in [-0.25, -0.2) is 9.55 Å². The van der Waals surface area contributed by atoms with Gasteiger partial charge >= 0.3 is 0 Å². The van der Waals surface area contributed by atoms with Crippen molar-refractivity contribution in [3.8, 4) is 0 Å². The topological polar surface area (TPSA) is 16.8 Å². The van der Waals surface area contributed by atoms with Crippen LogP contribution >= 0.6 is 0 Å². The molecule has 4 aromatic rings. The van der Waals surface area contributed by atoms with Gasteiger partial charge in [0.2, 0.25) is 0 Å². The van der Waals surface area contributed by atoms with E-state index in [1.807, 2.05) is 18.2 Å². The molecule has 3 heteroatoms. The molecule has 0 saturated carbocycles. The van der Waals surface area contributed by atoms with E-state index in [1.54, 1.807) is 0 Å². The molecule has 108 valence electrons. The first-order valence-electron chi connectivity index (χ1n) is 7.12. The molecule has 0 bridgehead atoms. The Balaban J connectivity index is 0.00000144. The smallest absolute Gasteiger partial charge is 0.175 e. The number of nitrogens with zero attached hydrogens (tertiary/aromatic N) is 2. The standard InChI is InChI=1S/C19H15N2.BrH/c1-6-12-21(13-7-1)14-17-15-8-2-4-10-18(15)20-19-11-5-3-9-16(17)19;/h1-13H,14H2;1H/q+1;/p-1. The Morgan fingerprint density at radius 2 is 1.23 bits per heavy atom. The average Bonchev–Trinajstić information content (AvgIpc) is 2.55. The third-order valence-corrected chi connectivity index (χ3v) is 3.82. The fourth-order valence-electron chi connectivity index (χ4n) is 2.82. The number of halogens is 1. The zero-order valence-electron chi connectivity index (χ0n) is 12.0. The van der Waals surface area contributed by atoms with Crippen LogP contribution in [0.15, 0.2) is 79.1 Å². The van der Waals surface area contributed by atoms with Crippen molar-refractivity contribution in [1.82, 2.24) is 4.98 Å². The van der Waals surface area contributed by atoms with Crippen molar-refractivity contribution in [2.24, 2.45) is 0 Å². The molecule has 0 unspecified atom stereocenters. The van der Waals surface area contributed by atoms with Crippen LogP contribution in [0.3, 0.4) is 0 Å². The molecule has 2 nitrogen and oxygen atoms in total. The molecule has 0 amide bonds. The monoisotopic (exact) mass is 350 g/mol. The molecule has 0 fully saturated rings. The van der Waals surface area contributed by atoms with E-state index in [2.05, 4.69) is 65.5 Å². The van der Waals surface area contributed by atoms with Crippen LogP contribution in [0.5, 0.6) is 0 Å². The predicted molar refractivity (Wildman–Crippen MR) is 85.0 cm³/mol. The molecule has 0 N–H and O–H groups in total. The zero-order chi connectivity index (χ0) is 14.1. The highest BCUT2D eigenvalue weighted by Gasteiger charge is 2.12. The number of para-hydroxylation sites is 2. The Morgan fingerprint density at radius 1 is 0.682 bits per heavy atom. The molecule has 0 saturated heterocycles. The van der Waals surface area contributed by atoms with Crippen LogP contribution < -0.4 is 21.5 Å². The van der Waals surface area contributed by atoms with Crippen LogP contribution in [0.2, 0.25) is 0 Å². The second kappa shape index (κ2) is 6.24. The number of pyridine rings is 2. The lowest BCUT2D eigenvalue weighted by molar-refractivity contribution is -0.688. The highest BCUT2D eigenvalue weighted by molar-refractivity contribution is 5.97. The number of fused-ring (bicyclic) bond motifs is 2. The lowest BCUT2D eigenvalue weighted by atomic mass is 10.0. The van der Waals surface area contributed by atoms with E-state index < -0.39 is 0 Å². The van der Waals surface area contributed by atoms with Gasteiger partial charge in [-0.05, 0) is 12.1 Å². The van der Waals surface area contributed by atoms with Crippen LogP contribution in [-0.4, -0.2) is 4.98 Å². The third kappa shape index (κ3) is 2.60. The first-order chi connectivity index (χ1) is 10.4. The van der Waals surface area contributed by atoms with E-state index in [-0.39, 0.29) is 17.0 Å². The van der Waals surface area contributed by atoms with Crippen molar-refractivity contribution in [2.75, 3.05) is 0 Å². The largest absolute Gasteiger partial charge is 1.00 e. The van der Waals surface area contributed by atoms with E-state index in [0.717, 1.165) is 17.6 Å². The molecule has 2 aromatic heterocycles. The molecule has 0 atom stereocenters. The highest BCUT2D eigenvalue weighted by Crippen LogP contribution is 2.25. The Labute approximate surface area is 139 Å². The minimum absolute atomic E-state index is 0. The van der Waals surface area contributed by atoms with Gasteiger partial charge in [-0.2, -0.15) is 0 Å². The van der Waals surface area contributed by atoms with Gasteiger partial charge in [-0.3, -0.25) is 0 Å².